The molecule has 1 heterocycles. The molecule has 0 aliphatic rings. The number of carbonyl (C=O) groups is 2. The first kappa shape index (κ1) is 15.7. The summed E-state index contributed by atoms with van der Waals surface area (Å²) in [6.07, 6.45) is 0. The number of amides is 1. The van der Waals surface area contributed by atoms with Gasteiger partial charge in [0.1, 0.15) is 6.04 Å². The van der Waals surface area contributed by atoms with E-state index in [1.165, 1.54) is 23.3 Å². The molecule has 1 unspecified atom stereocenters. The van der Waals surface area contributed by atoms with Crippen LogP contribution in [-0.2, 0) is 4.79 Å². The Balaban J connectivity index is 2.99. The van der Waals surface area contributed by atoms with E-state index in [0.29, 0.717) is 4.88 Å². The maximum atomic E-state index is 12.2. The van der Waals surface area contributed by atoms with Gasteiger partial charge < -0.3 is 10.0 Å². The van der Waals surface area contributed by atoms with Crippen LogP contribution in [-0.4, -0.2) is 35.0 Å². The van der Waals surface area contributed by atoms with Crippen molar-refractivity contribution >= 4 is 55.1 Å². The Labute approximate surface area is 126 Å². The van der Waals surface area contributed by atoms with E-state index in [9.17, 15) is 9.59 Å². The third-order valence-electron chi connectivity index (χ3n) is 2.48. The van der Waals surface area contributed by atoms with Gasteiger partial charge in [-0.1, -0.05) is 13.8 Å². The number of carbonyl (C=O) groups excluding carboxylic acids is 1. The molecule has 0 saturated carbocycles. The fraction of sp³-hybridized carbons (Fsp3) is 0.455. The molecule has 1 aromatic rings. The average Bonchev–Trinajstić information content (AvgIpc) is 2.57. The third-order valence-corrected chi connectivity index (χ3v) is 5.72. The summed E-state index contributed by atoms with van der Waals surface area (Å²) < 4.78 is 1.61. The molecule has 7 heteroatoms. The quantitative estimate of drug-likeness (QED) is 0.844. The van der Waals surface area contributed by atoms with E-state index >= 15 is 0 Å². The maximum absolute atomic E-state index is 12.2. The molecular weight excluding hydrogens is 386 g/mol. The monoisotopic (exact) mass is 397 g/mol. The van der Waals surface area contributed by atoms with E-state index in [-0.39, 0.29) is 11.8 Å². The number of rotatable bonds is 4. The van der Waals surface area contributed by atoms with Crippen LogP contribution in [0.25, 0.3) is 0 Å². The first-order chi connectivity index (χ1) is 8.25. The third kappa shape index (κ3) is 3.33. The summed E-state index contributed by atoms with van der Waals surface area (Å²) >= 11 is 7.90. The van der Waals surface area contributed by atoms with Crippen molar-refractivity contribution in [3.8, 4) is 0 Å². The van der Waals surface area contributed by atoms with Crippen LogP contribution in [0.4, 0.5) is 0 Å². The number of likely N-dealkylation sites (N-methyl/N-ethyl adjacent to an activating group) is 1. The fourth-order valence-corrected chi connectivity index (χ4v) is 3.67. The topological polar surface area (TPSA) is 57.6 Å². The van der Waals surface area contributed by atoms with Crippen molar-refractivity contribution in [1.29, 1.82) is 0 Å². The van der Waals surface area contributed by atoms with Crippen molar-refractivity contribution in [1.82, 2.24) is 4.90 Å². The minimum absolute atomic E-state index is 0.150. The number of carboxylic acid groups (broad SMARTS) is 1. The van der Waals surface area contributed by atoms with Gasteiger partial charge in [0.15, 0.2) is 0 Å². The highest BCUT2D eigenvalue weighted by molar-refractivity contribution is 9.13. The highest BCUT2D eigenvalue weighted by Gasteiger charge is 2.30. The highest BCUT2D eigenvalue weighted by Crippen LogP contribution is 2.33. The number of halogens is 2. The summed E-state index contributed by atoms with van der Waals surface area (Å²) in [5, 5.41) is 9.16. The summed E-state index contributed by atoms with van der Waals surface area (Å²) in [6.45, 7) is 3.56. The first-order valence-corrected chi connectivity index (χ1v) is 7.60. The minimum Gasteiger partial charge on any atom is -0.480 e. The van der Waals surface area contributed by atoms with Gasteiger partial charge in [-0.25, -0.2) is 4.79 Å². The molecule has 1 aromatic heterocycles. The van der Waals surface area contributed by atoms with Gasteiger partial charge in [0.25, 0.3) is 5.91 Å². The van der Waals surface area contributed by atoms with Gasteiger partial charge in [-0.3, -0.25) is 4.79 Å². The Kier molecular flexibility index (Phi) is 5.36. The molecule has 1 rings (SSSR count). The standard InChI is InChI=1S/C11H13Br2NO3S/c1-5(2)8(11(16)17)14(3)10(15)7-4-6(12)9(13)18-7/h4-5,8H,1-3H3,(H,16,17). The molecule has 0 aliphatic carbocycles. The van der Waals surface area contributed by atoms with Crippen LogP contribution in [0.2, 0.25) is 0 Å². The molecule has 1 amide bonds. The molecule has 18 heavy (non-hydrogen) atoms. The Morgan fingerprint density at radius 1 is 1.39 bits per heavy atom. The Morgan fingerprint density at radius 3 is 2.28 bits per heavy atom. The number of carboxylic acids is 1. The van der Waals surface area contributed by atoms with E-state index < -0.39 is 12.0 Å². The van der Waals surface area contributed by atoms with Gasteiger partial charge in [-0.05, 0) is 43.8 Å². The van der Waals surface area contributed by atoms with E-state index in [4.69, 9.17) is 5.11 Å². The molecule has 0 fully saturated rings. The van der Waals surface area contributed by atoms with Crippen molar-refractivity contribution in [3.63, 3.8) is 0 Å². The summed E-state index contributed by atoms with van der Waals surface area (Å²) in [7, 11) is 1.52. The molecule has 4 nitrogen and oxygen atoms in total. The van der Waals surface area contributed by atoms with E-state index in [0.717, 1.165) is 8.26 Å². The lowest BCUT2D eigenvalue weighted by atomic mass is 10.0. The van der Waals surface area contributed by atoms with Gasteiger partial charge in [-0.2, -0.15) is 0 Å². The lowest BCUT2D eigenvalue weighted by Crippen LogP contribution is -2.45. The van der Waals surface area contributed by atoms with E-state index in [2.05, 4.69) is 31.9 Å². The predicted molar refractivity (Wildman–Crippen MR) is 78.1 cm³/mol. The lowest BCUT2D eigenvalue weighted by Gasteiger charge is -2.27. The van der Waals surface area contributed by atoms with Gasteiger partial charge in [0.05, 0.1) is 8.66 Å². The number of nitrogens with zero attached hydrogens (tertiary/aromatic N) is 1. The van der Waals surface area contributed by atoms with Crippen molar-refractivity contribution in [2.75, 3.05) is 7.05 Å². The molecule has 0 radical (unpaired) electrons. The lowest BCUT2D eigenvalue weighted by molar-refractivity contribution is -0.143. The second-order valence-corrected chi connectivity index (χ2v) is 7.40. The second-order valence-electron chi connectivity index (χ2n) is 4.18. The van der Waals surface area contributed by atoms with Crippen LogP contribution in [0, 0.1) is 5.92 Å². The van der Waals surface area contributed by atoms with Gasteiger partial charge in [-0.15, -0.1) is 11.3 Å². The zero-order valence-corrected chi connectivity index (χ0v) is 14.1. The molecule has 0 saturated heterocycles. The molecule has 0 bridgehead atoms. The Bertz CT molecular complexity index is 453. The van der Waals surface area contributed by atoms with Crippen molar-refractivity contribution in [2.24, 2.45) is 5.92 Å². The van der Waals surface area contributed by atoms with Crippen LogP contribution in [0.5, 0.6) is 0 Å². The first-order valence-electron chi connectivity index (χ1n) is 5.20. The molecule has 1 atom stereocenters. The molecule has 0 spiro atoms. The minimum atomic E-state index is -0.990. The van der Waals surface area contributed by atoms with Gasteiger partial charge in [0, 0.05) is 11.5 Å². The normalized spacial score (nSPS) is 12.6. The number of aliphatic carboxylic acids is 1. The van der Waals surface area contributed by atoms with E-state index in [1.807, 2.05) is 0 Å². The largest absolute Gasteiger partial charge is 0.480 e. The van der Waals surface area contributed by atoms with Crippen LogP contribution in [0.15, 0.2) is 14.3 Å². The van der Waals surface area contributed by atoms with Crippen molar-refractivity contribution < 1.29 is 14.7 Å². The van der Waals surface area contributed by atoms with Crippen LogP contribution in [0.1, 0.15) is 23.5 Å². The molecule has 0 aliphatic heterocycles. The highest BCUT2D eigenvalue weighted by atomic mass is 79.9. The average molecular weight is 399 g/mol. The number of hydrogen-bond donors (Lipinski definition) is 1. The van der Waals surface area contributed by atoms with E-state index in [1.54, 1.807) is 19.9 Å². The number of thiophene rings is 1. The molecule has 1 N–H and O–H groups in total. The Hall–Kier alpha value is -0.400. The second kappa shape index (κ2) is 6.16. The summed E-state index contributed by atoms with van der Waals surface area (Å²) in [5.74, 6) is -1.42. The molecule has 0 aromatic carbocycles. The van der Waals surface area contributed by atoms with Crippen molar-refractivity contribution in [2.45, 2.75) is 19.9 Å². The summed E-state index contributed by atoms with van der Waals surface area (Å²) in [5.41, 5.74) is 0. The summed E-state index contributed by atoms with van der Waals surface area (Å²) in [6, 6.07) is 0.865. The fourth-order valence-electron chi connectivity index (χ4n) is 1.65. The molecule has 100 valence electrons. The Morgan fingerprint density at radius 2 is 1.94 bits per heavy atom. The SMILES string of the molecule is CC(C)C(C(=O)O)N(C)C(=O)c1cc(Br)c(Br)s1. The van der Waals surface area contributed by atoms with Crippen molar-refractivity contribution in [3.05, 3.63) is 19.2 Å². The maximum Gasteiger partial charge on any atom is 0.326 e. The number of hydrogen-bond acceptors (Lipinski definition) is 3. The zero-order valence-electron chi connectivity index (χ0n) is 10.1. The van der Waals surface area contributed by atoms with Crippen LogP contribution >= 0.6 is 43.2 Å². The van der Waals surface area contributed by atoms with Crippen LogP contribution < -0.4 is 0 Å². The summed E-state index contributed by atoms with van der Waals surface area (Å²) in [4.78, 5) is 25.2. The molecular formula is C11H13Br2NO3S. The van der Waals surface area contributed by atoms with Crippen LogP contribution in [0.3, 0.4) is 0 Å². The van der Waals surface area contributed by atoms with Gasteiger partial charge >= 0.3 is 5.97 Å². The predicted octanol–water partition coefficient (Wildman–Crippen LogP) is 3.45. The van der Waals surface area contributed by atoms with Gasteiger partial charge in [0.2, 0.25) is 0 Å². The zero-order chi connectivity index (χ0) is 14.0. The smallest absolute Gasteiger partial charge is 0.326 e.